The topological polar surface area (TPSA) is 42.5 Å². The van der Waals surface area contributed by atoms with E-state index >= 15 is 0 Å². The predicted octanol–water partition coefficient (Wildman–Crippen LogP) is 4.57. The van der Waals surface area contributed by atoms with Crippen LogP contribution in [0.2, 0.25) is 0 Å². The molecule has 0 aliphatic rings. The van der Waals surface area contributed by atoms with Crippen LogP contribution in [0, 0.1) is 0 Å². The van der Waals surface area contributed by atoms with Crippen molar-refractivity contribution in [2.45, 2.75) is 19.9 Å². The summed E-state index contributed by atoms with van der Waals surface area (Å²) in [7, 11) is 0. The Kier molecular flexibility index (Phi) is 4.97. The average Bonchev–Trinajstić information content (AvgIpc) is 2.75. The van der Waals surface area contributed by atoms with E-state index in [2.05, 4.69) is 58.1 Å². The van der Waals surface area contributed by atoms with Gasteiger partial charge in [0, 0.05) is 30.9 Å². The van der Waals surface area contributed by atoms with E-state index in [0.29, 0.717) is 0 Å². The Balaban J connectivity index is 1.83. The lowest BCUT2D eigenvalue weighted by molar-refractivity contribution is -0.696. The third-order valence-electron chi connectivity index (χ3n) is 4.39. The highest BCUT2D eigenvalue weighted by Crippen LogP contribution is 2.28. The third-order valence-corrected chi connectivity index (χ3v) is 4.39. The smallest absolute Gasteiger partial charge is 0.169 e. The van der Waals surface area contributed by atoms with Gasteiger partial charge in [-0.1, -0.05) is 19.1 Å². The Morgan fingerprint density at radius 2 is 1.30 bits per heavy atom. The lowest BCUT2D eigenvalue weighted by Gasteiger charge is -2.09. The largest absolute Gasteiger partial charge is 0.255 e. The summed E-state index contributed by atoms with van der Waals surface area (Å²) in [4.78, 5) is 13.8. The number of rotatable bonds is 5. The van der Waals surface area contributed by atoms with E-state index in [1.165, 1.54) is 0 Å². The molecule has 4 heteroatoms. The molecule has 0 aliphatic carbocycles. The van der Waals surface area contributed by atoms with Crippen LogP contribution in [0.1, 0.15) is 13.3 Å². The Hall–Kier alpha value is -3.40. The van der Waals surface area contributed by atoms with Crippen LogP contribution in [0.4, 0.5) is 0 Å². The lowest BCUT2D eigenvalue weighted by atomic mass is 10.0. The molecule has 0 aromatic carbocycles. The van der Waals surface area contributed by atoms with Crippen molar-refractivity contribution in [3.63, 3.8) is 0 Å². The van der Waals surface area contributed by atoms with Gasteiger partial charge in [-0.2, -0.15) is 0 Å². The highest BCUT2D eigenvalue weighted by atomic mass is 14.9. The highest BCUT2D eigenvalue weighted by Gasteiger charge is 2.11. The van der Waals surface area contributed by atoms with Gasteiger partial charge in [-0.05, 0) is 47.5 Å². The number of pyridine rings is 4. The van der Waals surface area contributed by atoms with E-state index < -0.39 is 0 Å². The van der Waals surface area contributed by atoms with Crippen LogP contribution >= 0.6 is 0 Å². The zero-order valence-electron chi connectivity index (χ0n) is 15.3. The standard InChI is InChI=1S/C23H21N4/c1-2-13-27-14-9-18(10-15-27)19-16-22(20-7-3-5-11-24-20)26-23(17-19)21-8-4-6-12-25-21/h3-12,14-17H,2,13H2,1H3/q+1. The van der Waals surface area contributed by atoms with Crippen molar-refractivity contribution in [2.75, 3.05) is 0 Å². The summed E-state index contributed by atoms with van der Waals surface area (Å²) in [6.07, 6.45) is 8.95. The van der Waals surface area contributed by atoms with Crippen molar-refractivity contribution in [1.29, 1.82) is 0 Å². The van der Waals surface area contributed by atoms with E-state index in [4.69, 9.17) is 4.98 Å². The van der Waals surface area contributed by atoms with Gasteiger partial charge in [0.15, 0.2) is 12.4 Å². The minimum absolute atomic E-state index is 0.846. The summed E-state index contributed by atoms with van der Waals surface area (Å²) < 4.78 is 2.20. The Bertz CT molecular complexity index is 955. The van der Waals surface area contributed by atoms with Gasteiger partial charge in [0.1, 0.15) is 6.54 Å². The van der Waals surface area contributed by atoms with Crippen LogP contribution in [0.15, 0.2) is 85.5 Å². The molecule has 0 atom stereocenters. The van der Waals surface area contributed by atoms with Gasteiger partial charge in [-0.25, -0.2) is 9.55 Å². The molecule has 132 valence electrons. The molecule has 0 aliphatic heterocycles. The maximum absolute atomic E-state index is 4.82. The Labute approximate surface area is 159 Å². The molecule has 0 radical (unpaired) electrons. The van der Waals surface area contributed by atoms with Crippen LogP contribution in [-0.2, 0) is 6.54 Å². The molecule has 4 nitrogen and oxygen atoms in total. The molecule has 0 bridgehead atoms. The molecule has 4 aromatic rings. The van der Waals surface area contributed by atoms with Crippen molar-refractivity contribution in [1.82, 2.24) is 15.0 Å². The van der Waals surface area contributed by atoms with Crippen LogP contribution in [0.25, 0.3) is 33.9 Å². The molecule has 0 amide bonds. The molecule has 0 spiro atoms. The van der Waals surface area contributed by atoms with Crippen molar-refractivity contribution in [3.05, 3.63) is 85.5 Å². The molecule has 0 saturated heterocycles. The first kappa shape index (κ1) is 17.0. The second-order valence-corrected chi connectivity index (χ2v) is 6.38. The fourth-order valence-electron chi connectivity index (χ4n) is 3.05. The summed E-state index contributed by atoms with van der Waals surface area (Å²) in [5.74, 6) is 0. The number of nitrogens with zero attached hydrogens (tertiary/aromatic N) is 4. The highest BCUT2D eigenvalue weighted by molar-refractivity contribution is 5.74. The van der Waals surface area contributed by atoms with Gasteiger partial charge in [0.25, 0.3) is 0 Å². The molecule has 0 fully saturated rings. The van der Waals surface area contributed by atoms with E-state index in [1.807, 2.05) is 36.4 Å². The van der Waals surface area contributed by atoms with Crippen LogP contribution < -0.4 is 4.57 Å². The third kappa shape index (κ3) is 3.90. The summed E-state index contributed by atoms with van der Waals surface area (Å²) in [5.41, 5.74) is 5.66. The maximum Gasteiger partial charge on any atom is 0.169 e. The fraction of sp³-hybridized carbons (Fsp3) is 0.130. The molecule has 4 heterocycles. The van der Waals surface area contributed by atoms with Gasteiger partial charge in [0.05, 0.1) is 22.8 Å². The normalized spacial score (nSPS) is 10.7. The fourth-order valence-corrected chi connectivity index (χ4v) is 3.05. The van der Waals surface area contributed by atoms with Gasteiger partial charge in [0.2, 0.25) is 0 Å². The first-order valence-electron chi connectivity index (χ1n) is 9.18. The summed E-state index contributed by atoms with van der Waals surface area (Å²) in [6, 6.07) is 20.2. The van der Waals surface area contributed by atoms with E-state index in [9.17, 15) is 0 Å². The maximum atomic E-state index is 4.82. The minimum Gasteiger partial charge on any atom is -0.255 e. The molecule has 0 saturated carbocycles. The summed E-state index contributed by atoms with van der Waals surface area (Å²) >= 11 is 0. The molecule has 4 aromatic heterocycles. The van der Waals surface area contributed by atoms with Gasteiger partial charge >= 0.3 is 0 Å². The molecule has 0 unspecified atom stereocenters. The molecule has 4 rings (SSSR count). The SMILES string of the molecule is CCC[n+]1ccc(-c2cc(-c3ccccn3)nc(-c3ccccn3)c2)cc1. The molecule has 0 N–H and O–H groups in total. The van der Waals surface area contributed by atoms with Crippen LogP contribution in [0.3, 0.4) is 0 Å². The number of aromatic nitrogens is 4. The Morgan fingerprint density at radius 3 is 1.78 bits per heavy atom. The van der Waals surface area contributed by atoms with Crippen molar-refractivity contribution in [2.24, 2.45) is 0 Å². The number of hydrogen-bond donors (Lipinski definition) is 0. The molecule has 27 heavy (non-hydrogen) atoms. The van der Waals surface area contributed by atoms with Crippen molar-refractivity contribution in [3.8, 4) is 33.9 Å². The first-order chi connectivity index (χ1) is 13.3. The zero-order valence-corrected chi connectivity index (χ0v) is 15.3. The summed E-state index contributed by atoms with van der Waals surface area (Å²) in [6.45, 7) is 3.21. The second kappa shape index (κ2) is 7.87. The van der Waals surface area contributed by atoms with E-state index in [1.54, 1.807) is 12.4 Å². The monoisotopic (exact) mass is 353 g/mol. The van der Waals surface area contributed by atoms with Gasteiger partial charge < -0.3 is 0 Å². The zero-order chi connectivity index (χ0) is 18.5. The number of aryl methyl sites for hydroxylation is 1. The average molecular weight is 353 g/mol. The van der Waals surface area contributed by atoms with Crippen LogP contribution in [-0.4, -0.2) is 15.0 Å². The predicted molar refractivity (Wildman–Crippen MR) is 107 cm³/mol. The Morgan fingerprint density at radius 1 is 0.704 bits per heavy atom. The molecular weight excluding hydrogens is 332 g/mol. The van der Waals surface area contributed by atoms with Crippen LogP contribution in [0.5, 0.6) is 0 Å². The minimum atomic E-state index is 0.846. The van der Waals surface area contributed by atoms with E-state index in [0.717, 1.165) is 46.9 Å². The first-order valence-corrected chi connectivity index (χ1v) is 9.18. The van der Waals surface area contributed by atoms with Crippen molar-refractivity contribution >= 4 is 0 Å². The second-order valence-electron chi connectivity index (χ2n) is 6.38. The van der Waals surface area contributed by atoms with Crippen molar-refractivity contribution < 1.29 is 4.57 Å². The van der Waals surface area contributed by atoms with Gasteiger partial charge in [-0.3, -0.25) is 9.97 Å². The summed E-state index contributed by atoms with van der Waals surface area (Å²) in [5, 5.41) is 0. The lowest BCUT2D eigenvalue weighted by Crippen LogP contribution is -2.31. The number of hydrogen-bond acceptors (Lipinski definition) is 3. The van der Waals surface area contributed by atoms with Gasteiger partial charge in [-0.15, -0.1) is 0 Å². The van der Waals surface area contributed by atoms with E-state index in [-0.39, 0.29) is 0 Å². The molecular formula is C23H21N4+. The quantitative estimate of drug-likeness (QED) is 0.494.